The van der Waals surface area contributed by atoms with Gasteiger partial charge in [-0.2, -0.15) is 0 Å². The van der Waals surface area contributed by atoms with Gasteiger partial charge < -0.3 is 15.7 Å². The fraction of sp³-hybridized carbons (Fsp3) is 0.636. The molecule has 0 unspecified atom stereocenters. The third-order valence-corrected chi connectivity index (χ3v) is 2.92. The van der Waals surface area contributed by atoms with E-state index < -0.39 is 0 Å². The summed E-state index contributed by atoms with van der Waals surface area (Å²) in [4.78, 5) is 10.6. The molecule has 1 aromatic heterocycles. The minimum Gasteiger partial charge on any atom is -0.395 e. The van der Waals surface area contributed by atoms with Crippen molar-refractivity contribution < 1.29 is 5.11 Å². The van der Waals surface area contributed by atoms with Gasteiger partial charge in [0.15, 0.2) is 5.16 Å². The van der Waals surface area contributed by atoms with E-state index in [2.05, 4.69) is 16.9 Å². The van der Waals surface area contributed by atoms with Crippen LogP contribution in [0.5, 0.6) is 0 Å². The van der Waals surface area contributed by atoms with Crippen LogP contribution < -0.4 is 10.6 Å². The molecule has 0 bridgehead atoms. The second-order valence-electron chi connectivity index (χ2n) is 3.70. The van der Waals surface area contributed by atoms with E-state index in [1.807, 2.05) is 11.2 Å². The number of thioether (sulfide) groups is 1. The summed E-state index contributed by atoms with van der Waals surface area (Å²) < 4.78 is 0. The number of aliphatic hydroxyl groups excluding tert-OH is 1. The Kier molecular flexibility index (Phi) is 6.07. The highest BCUT2D eigenvalue weighted by molar-refractivity contribution is 7.98. The molecular formula is C11H20N4OS. The van der Waals surface area contributed by atoms with Crippen molar-refractivity contribution in [1.82, 2.24) is 9.97 Å². The van der Waals surface area contributed by atoms with Gasteiger partial charge in [0, 0.05) is 19.2 Å². The van der Waals surface area contributed by atoms with E-state index in [0.717, 1.165) is 25.2 Å². The van der Waals surface area contributed by atoms with Crippen molar-refractivity contribution in [2.75, 3.05) is 36.6 Å². The summed E-state index contributed by atoms with van der Waals surface area (Å²) >= 11 is 1.47. The number of anilines is 2. The quantitative estimate of drug-likeness (QED) is 0.567. The molecule has 0 aliphatic carbocycles. The molecule has 0 fully saturated rings. The van der Waals surface area contributed by atoms with Gasteiger partial charge in [-0.05, 0) is 12.7 Å². The second kappa shape index (κ2) is 7.34. The molecule has 5 nitrogen and oxygen atoms in total. The van der Waals surface area contributed by atoms with Crippen LogP contribution in [0.25, 0.3) is 0 Å². The van der Waals surface area contributed by atoms with E-state index >= 15 is 0 Å². The minimum absolute atomic E-state index is 0.113. The number of unbranched alkanes of at least 4 members (excludes halogenated alkanes) is 1. The molecule has 1 rings (SSSR count). The SMILES string of the molecule is CCCCN(CCO)c1cc(N)nc(SC)n1. The molecule has 0 aromatic carbocycles. The molecule has 0 aliphatic rings. The van der Waals surface area contributed by atoms with E-state index in [0.29, 0.717) is 17.5 Å². The molecular weight excluding hydrogens is 236 g/mol. The van der Waals surface area contributed by atoms with Gasteiger partial charge in [0.05, 0.1) is 6.61 Å². The highest BCUT2D eigenvalue weighted by Gasteiger charge is 2.09. The molecule has 6 heteroatoms. The molecule has 1 aromatic rings. The lowest BCUT2D eigenvalue weighted by Crippen LogP contribution is -2.29. The fourth-order valence-electron chi connectivity index (χ4n) is 1.49. The minimum atomic E-state index is 0.113. The molecule has 3 N–H and O–H groups in total. The lowest BCUT2D eigenvalue weighted by molar-refractivity contribution is 0.301. The standard InChI is InChI=1S/C11H20N4OS/c1-3-4-5-15(6-7-16)10-8-9(12)13-11(14-10)17-2/h8,16H,3-7H2,1-2H3,(H2,12,13,14). The first-order valence-corrected chi connectivity index (χ1v) is 6.98. The molecule has 0 saturated carbocycles. The van der Waals surface area contributed by atoms with Gasteiger partial charge in [0.25, 0.3) is 0 Å². The molecule has 0 atom stereocenters. The zero-order valence-electron chi connectivity index (χ0n) is 10.4. The van der Waals surface area contributed by atoms with Gasteiger partial charge in [-0.25, -0.2) is 9.97 Å². The van der Waals surface area contributed by atoms with Crippen molar-refractivity contribution in [3.8, 4) is 0 Å². The average molecular weight is 256 g/mol. The lowest BCUT2D eigenvalue weighted by atomic mass is 10.3. The number of nitrogen functional groups attached to an aromatic ring is 1. The summed E-state index contributed by atoms with van der Waals surface area (Å²) in [7, 11) is 0. The van der Waals surface area contributed by atoms with E-state index in [1.54, 1.807) is 6.07 Å². The van der Waals surface area contributed by atoms with Crippen molar-refractivity contribution >= 4 is 23.4 Å². The van der Waals surface area contributed by atoms with Gasteiger partial charge in [0.2, 0.25) is 0 Å². The number of nitrogens with zero attached hydrogens (tertiary/aromatic N) is 3. The van der Waals surface area contributed by atoms with Crippen LogP contribution in [0.2, 0.25) is 0 Å². The molecule has 0 radical (unpaired) electrons. The van der Waals surface area contributed by atoms with Crippen LogP contribution in [0.3, 0.4) is 0 Å². The highest BCUT2D eigenvalue weighted by atomic mass is 32.2. The smallest absolute Gasteiger partial charge is 0.191 e. The molecule has 1 heterocycles. The Hall–Kier alpha value is -1.01. The maximum Gasteiger partial charge on any atom is 0.191 e. The Morgan fingerprint density at radius 1 is 1.41 bits per heavy atom. The van der Waals surface area contributed by atoms with Crippen molar-refractivity contribution in [2.45, 2.75) is 24.9 Å². The van der Waals surface area contributed by atoms with Crippen LogP contribution in [-0.2, 0) is 0 Å². The number of nitrogens with two attached hydrogens (primary N) is 1. The molecule has 0 aliphatic heterocycles. The Labute approximate surface area is 106 Å². The lowest BCUT2D eigenvalue weighted by Gasteiger charge is -2.23. The zero-order valence-corrected chi connectivity index (χ0v) is 11.2. The summed E-state index contributed by atoms with van der Waals surface area (Å²) in [5, 5.41) is 9.74. The van der Waals surface area contributed by atoms with Gasteiger partial charge in [0.1, 0.15) is 11.6 Å². The van der Waals surface area contributed by atoms with Crippen LogP contribution >= 0.6 is 11.8 Å². The summed E-state index contributed by atoms with van der Waals surface area (Å²) in [6.07, 6.45) is 4.09. The van der Waals surface area contributed by atoms with Crippen molar-refractivity contribution in [3.63, 3.8) is 0 Å². The first-order chi connectivity index (χ1) is 8.21. The maximum absolute atomic E-state index is 9.07. The van der Waals surface area contributed by atoms with Crippen molar-refractivity contribution in [2.24, 2.45) is 0 Å². The third kappa shape index (κ3) is 4.40. The molecule has 0 saturated heterocycles. The first kappa shape index (κ1) is 14.1. The van der Waals surface area contributed by atoms with Crippen LogP contribution in [0, 0.1) is 0 Å². The Bertz CT molecular complexity index is 348. The maximum atomic E-state index is 9.07. The molecule has 0 spiro atoms. The Morgan fingerprint density at radius 3 is 2.76 bits per heavy atom. The average Bonchev–Trinajstić information content (AvgIpc) is 2.33. The first-order valence-electron chi connectivity index (χ1n) is 5.75. The van der Waals surface area contributed by atoms with E-state index in [1.165, 1.54) is 11.8 Å². The van der Waals surface area contributed by atoms with Gasteiger partial charge >= 0.3 is 0 Å². The van der Waals surface area contributed by atoms with Crippen LogP contribution in [0.4, 0.5) is 11.6 Å². The van der Waals surface area contributed by atoms with E-state index in [4.69, 9.17) is 10.8 Å². The third-order valence-electron chi connectivity index (χ3n) is 2.37. The molecule has 96 valence electrons. The van der Waals surface area contributed by atoms with Gasteiger partial charge in [-0.3, -0.25) is 0 Å². The van der Waals surface area contributed by atoms with E-state index in [9.17, 15) is 0 Å². The highest BCUT2D eigenvalue weighted by Crippen LogP contribution is 2.19. The largest absolute Gasteiger partial charge is 0.395 e. The molecule has 0 amide bonds. The summed E-state index contributed by atoms with van der Waals surface area (Å²) in [5.41, 5.74) is 5.74. The fourth-order valence-corrected chi connectivity index (χ4v) is 1.88. The van der Waals surface area contributed by atoms with Crippen molar-refractivity contribution in [1.29, 1.82) is 0 Å². The van der Waals surface area contributed by atoms with Crippen molar-refractivity contribution in [3.05, 3.63) is 6.07 Å². The number of hydrogen-bond donors (Lipinski definition) is 2. The van der Waals surface area contributed by atoms with Crippen LogP contribution in [0.1, 0.15) is 19.8 Å². The number of aromatic nitrogens is 2. The Balaban J connectivity index is 2.87. The number of aliphatic hydroxyl groups is 1. The topological polar surface area (TPSA) is 75.3 Å². The molecule has 17 heavy (non-hydrogen) atoms. The summed E-state index contributed by atoms with van der Waals surface area (Å²) in [6, 6.07) is 1.76. The summed E-state index contributed by atoms with van der Waals surface area (Å²) in [5.74, 6) is 1.27. The normalized spacial score (nSPS) is 10.5. The van der Waals surface area contributed by atoms with Crippen LogP contribution in [-0.4, -0.2) is 41.0 Å². The predicted octanol–water partition coefficient (Wildman–Crippen LogP) is 1.38. The summed E-state index contributed by atoms with van der Waals surface area (Å²) in [6.45, 7) is 3.70. The second-order valence-corrected chi connectivity index (χ2v) is 4.48. The number of rotatable bonds is 7. The predicted molar refractivity (Wildman–Crippen MR) is 72.4 cm³/mol. The number of hydrogen-bond acceptors (Lipinski definition) is 6. The van der Waals surface area contributed by atoms with E-state index in [-0.39, 0.29) is 6.61 Å². The Morgan fingerprint density at radius 2 is 2.18 bits per heavy atom. The zero-order chi connectivity index (χ0) is 12.7. The van der Waals surface area contributed by atoms with Gasteiger partial charge in [-0.1, -0.05) is 25.1 Å². The van der Waals surface area contributed by atoms with Gasteiger partial charge in [-0.15, -0.1) is 0 Å². The van der Waals surface area contributed by atoms with Crippen LogP contribution in [0.15, 0.2) is 11.2 Å². The monoisotopic (exact) mass is 256 g/mol.